The maximum Gasteiger partial charge on any atom is 0.244 e. The minimum atomic E-state index is -3.03. The van der Waals surface area contributed by atoms with Crippen molar-refractivity contribution in [3.8, 4) is 0 Å². The third kappa shape index (κ3) is 4.80. The Morgan fingerprint density at radius 1 is 1.03 bits per heavy atom. The van der Waals surface area contributed by atoms with E-state index < -0.39 is 9.84 Å². The summed E-state index contributed by atoms with van der Waals surface area (Å²) in [6.07, 6.45) is 0. The number of aliphatic imine (C=N–C) groups is 1. The Labute approximate surface area is 188 Å². The fraction of sp³-hybridized carbons (Fsp3) is 0.391. The van der Waals surface area contributed by atoms with Crippen molar-refractivity contribution in [1.82, 2.24) is 0 Å². The quantitative estimate of drug-likeness (QED) is 0.758. The Morgan fingerprint density at radius 2 is 1.71 bits per heavy atom. The maximum absolute atomic E-state index is 12.9. The predicted octanol–water partition coefficient (Wildman–Crippen LogP) is 3.63. The second kappa shape index (κ2) is 8.31. The second-order valence-electron chi connectivity index (χ2n) is 8.41. The topological polar surface area (TPSA) is 78.8 Å². The molecule has 2 aromatic rings. The van der Waals surface area contributed by atoms with E-state index in [1.54, 1.807) is 0 Å². The van der Waals surface area contributed by atoms with Gasteiger partial charge in [0.1, 0.15) is 6.54 Å². The minimum absolute atomic E-state index is 0.0724. The van der Waals surface area contributed by atoms with Crippen LogP contribution in [0.5, 0.6) is 0 Å². The number of hydrogen-bond acceptors (Lipinski definition) is 6. The van der Waals surface area contributed by atoms with Gasteiger partial charge in [-0.3, -0.25) is 9.79 Å². The van der Waals surface area contributed by atoms with Gasteiger partial charge in [-0.25, -0.2) is 8.42 Å². The van der Waals surface area contributed by atoms with Crippen molar-refractivity contribution in [2.45, 2.75) is 39.0 Å². The first-order chi connectivity index (χ1) is 14.6. The highest BCUT2D eigenvalue weighted by atomic mass is 32.2. The van der Waals surface area contributed by atoms with E-state index in [9.17, 15) is 13.2 Å². The van der Waals surface area contributed by atoms with E-state index in [2.05, 4.69) is 5.32 Å². The number of aryl methyl sites for hydroxylation is 4. The van der Waals surface area contributed by atoms with Gasteiger partial charge in [0.25, 0.3) is 0 Å². The Kier molecular flexibility index (Phi) is 5.87. The Hall–Kier alpha value is -2.32. The number of nitrogens with zero attached hydrogens (tertiary/aromatic N) is 2. The van der Waals surface area contributed by atoms with E-state index in [-0.39, 0.29) is 35.2 Å². The number of sulfone groups is 1. The lowest BCUT2D eigenvalue weighted by Crippen LogP contribution is -2.36. The van der Waals surface area contributed by atoms with E-state index in [1.807, 2.05) is 69.0 Å². The van der Waals surface area contributed by atoms with Gasteiger partial charge in [0.05, 0.1) is 17.5 Å². The molecule has 0 saturated carbocycles. The zero-order valence-corrected chi connectivity index (χ0v) is 19.8. The van der Waals surface area contributed by atoms with E-state index >= 15 is 0 Å². The number of carbonyl (C=O) groups is 1. The lowest BCUT2D eigenvalue weighted by molar-refractivity contribution is -0.114. The molecule has 4 rings (SSSR count). The first-order valence-corrected chi connectivity index (χ1v) is 13.0. The number of anilines is 2. The summed E-state index contributed by atoms with van der Waals surface area (Å²) in [7, 11) is -3.03. The van der Waals surface area contributed by atoms with E-state index in [4.69, 9.17) is 4.99 Å². The summed E-state index contributed by atoms with van der Waals surface area (Å²) in [5.41, 5.74) is 6.24. The number of benzene rings is 2. The van der Waals surface area contributed by atoms with Crippen molar-refractivity contribution in [2.24, 2.45) is 4.99 Å². The molecule has 8 heteroatoms. The number of fused-ring (bicyclic) bond motifs is 1. The van der Waals surface area contributed by atoms with Gasteiger partial charge in [-0.15, -0.1) is 0 Å². The molecular weight excluding hydrogens is 430 g/mol. The molecule has 1 fully saturated rings. The number of carbonyl (C=O) groups excluding carboxylic acids is 1. The molecular formula is C23H27N3O3S2. The van der Waals surface area contributed by atoms with Gasteiger partial charge >= 0.3 is 0 Å². The van der Waals surface area contributed by atoms with Crippen LogP contribution in [0.1, 0.15) is 22.3 Å². The number of hydrogen-bond donors (Lipinski definition) is 1. The lowest BCUT2D eigenvalue weighted by Gasteiger charge is -2.25. The predicted molar refractivity (Wildman–Crippen MR) is 129 cm³/mol. The standard InChI is InChI=1S/C23H27N3O3S2/c1-14-5-7-18(9-16(14)3)24-22(27)11-26(19-8-6-15(2)17(4)10-19)23-25-20-12-31(28,29)13-21(20)30-23/h5-10,20-21H,11-13H2,1-4H3,(H,24,27)/t20-,21+/m0/s1. The molecule has 1 amide bonds. The highest BCUT2D eigenvalue weighted by Crippen LogP contribution is 2.37. The summed E-state index contributed by atoms with van der Waals surface area (Å²) in [6, 6.07) is 11.7. The average molecular weight is 458 g/mol. The summed E-state index contributed by atoms with van der Waals surface area (Å²) in [4.78, 5) is 19.5. The normalized spacial score (nSPS) is 21.5. The van der Waals surface area contributed by atoms with Gasteiger partial charge in [-0.2, -0.15) is 0 Å². The smallest absolute Gasteiger partial charge is 0.244 e. The monoisotopic (exact) mass is 457 g/mol. The van der Waals surface area contributed by atoms with Crippen LogP contribution < -0.4 is 10.2 Å². The summed E-state index contributed by atoms with van der Waals surface area (Å²) >= 11 is 1.47. The molecule has 1 saturated heterocycles. The van der Waals surface area contributed by atoms with Crippen LogP contribution >= 0.6 is 11.8 Å². The third-order valence-electron chi connectivity index (χ3n) is 5.93. The molecule has 0 spiro atoms. The molecule has 164 valence electrons. The maximum atomic E-state index is 12.9. The average Bonchev–Trinajstić information content (AvgIpc) is 3.18. The van der Waals surface area contributed by atoms with Gasteiger partial charge in [0.2, 0.25) is 5.91 Å². The molecule has 2 atom stereocenters. The largest absolute Gasteiger partial charge is 0.325 e. The van der Waals surface area contributed by atoms with Crippen LogP contribution in [0.3, 0.4) is 0 Å². The Morgan fingerprint density at radius 3 is 2.35 bits per heavy atom. The van der Waals surface area contributed by atoms with E-state index in [0.717, 1.165) is 22.5 Å². The molecule has 0 radical (unpaired) electrons. The van der Waals surface area contributed by atoms with E-state index in [0.29, 0.717) is 5.17 Å². The summed E-state index contributed by atoms with van der Waals surface area (Å²) < 4.78 is 23.9. The van der Waals surface area contributed by atoms with Crippen LogP contribution in [0.4, 0.5) is 11.4 Å². The molecule has 6 nitrogen and oxygen atoms in total. The van der Waals surface area contributed by atoms with Crippen molar-refractivity contribution in [3.05, 3.63) is 58.7 Å². The van der Waals surface area contributed by atoms with Crippen molar-refractivity contribution in [1.29, 1.82) is 0 Å². The summed E-state index contributed by atoms with van der Waals surface area (Å²) in [5.74, 6) is 0.0868. The molecule has 2 aromatic carbocycles. The second-order valence-corrected chi connectivity index (χ2v) is 11.8. The summed E-state index contributed by atoms with van der Waals surface area (Å²) in [5, 5.41) is 3.62. The van der Waals surface area contributed by atoms with Crippen LogP contribution in [0, 0.1) is 27.7 Å². The number of rotatable bonds is 4. The summed E-state index contributed by atoms with van der Waals surface area (Å²) in [6.45, 7) is 8.25. The molecule has 2 aliphatic heterocycles. The van der Waals surface area contributed by atoms with Gasteiger partial charge < -0.3 is 10.2 Å². The molecule has 2 aliphatic rings. The fourth-order valence-corrected chi connectivity index (χ4v) is 7.58. The van der Waals surface area contributed by atoms with Crippen molar-refractivity contribution >= 4 is 44.0 Å². The van der Waals surface area contributed by atoms with Crippen molar-refractivity contribution < 1.29 is 13.2 Å². The molecule has 0 aliphatic carbocycles. The van der Waals surface area contributed by atoms with Crippen LogP contribution in [0.15, 0.2) is 41.4 Å². The number of nitrogens with one attached hydrogen (secondary N) is 1. The highest BCUT2D eigenvalue weighted by molar-refractivity contribution is 8.15. The molecule has 0 aromatic heterocycles. The van der Waals surface area contributed by atoms with Crippen LogP contribution in [-0.4, -0.2) is 48.8 Å². The first-order valence-electron chi connectivity index (χ1n) is 10.3. The number of amidine groups is 1. The molecule has 1 N–H and O–H groups in total. The van der Waals surface area contributed by atoms with Crippen LogP contribution in [0.2, 0.25) is 0 Å². The first kappa shape index (κ1) is 21.9. The third-order valence-corrected chi connectivity index (χ3v) is 9.18. The number of thioether (sulfide) groups is 1. The highest BCUT2D eigenvalue weighted by Gasteiger charge is 2.44. The fourth-order valence-electron chi connectivity index (χ4n) is 3.80. The zero-order valence-electron chi connectivity index (χ0n) is 18.2. The van der Waals surface area contributed by atoms with Gasteiger partial charge in [-0.05, 0) is 74.2 Å². The van der Waals surface area contributed by atoms with Crippen molar-refractivity contribution in [2.75, 3.05) is 28.3 Å². The van der Waals surface area contributed by atoms with Gasteiger partial charge in [0, 0.05) is 16.6 Å². The SMILES string of the molecule is Cc1ccc(NC(=O)CN(C2=N[C@H]3CS(=O)(=O)C[C@H]3S2)c2ccc(C)c(C)c2)cc1C. The molecule has 2 heterocycles. The van der Waals surface area contributed by atoms with Gasteiger partial charge in [0.15, 0.2) is 15.0 Å². The minimum Gasteiger partial charge on any atom is -0.325 e. The number of amides is 1. The van der Waals surface area contributed by atoms with Crippen molar-refractivity contribution in [3.63, 3.8) is 0 Å². The van der Waals surface area contributed by atoms with Crippen LogP contribution in [0.25, 0.3) is 0 Å². The lowest BCUT2D eigenvalue weighted by atomic mass is 10.1. The molecule has 0 bridgehead atoms. The van der Waals surface area contributed by atoms with E-state index in [1.165, 1.54) is 22.9 Å². The molecule has 0 unspecified atom stereocenters. The Bertz CT molecular complexity index is 1170. The van der Waals surface area contributed by atoms with Gasteiger partial charge in [-0.1, -0.05) is 23.9 Å². The molecule has 31 heavy (non-hydrogen) atoms. The van der Waals surface area contributed by atoms with Crippen LogP contribution in [-0.2, 0) is 14.6 Å². The zero-order chi connectivity index (χ0) is 22.3. The Balaban J connectivity index is 1.59.